The van der Waals surface area contributed by atoms with E-state index in [1.54, 1.807) is 24.3 Å². The first-order valence-electron chi connectivity index (χ1n) is 11.0. The second kappa shape index (κ2) is 11.9. The van der Waals surface area contributed by atoms with Crippen molar-refractivity contribution < 1.29 is 14.4 Å². The average Bonchev–Trinajstić information content (AvgIpc) is 3.18. The van der Waals surface area contributed by atoms with Crippen LogP contribution >= 0.6 is 11.3 Å². The highest BCUT2D eigenvalue weighted by molar-refractivity contribution is 7.15. The van der Waals surface area contributed by atoms with E-state index >= 15 is 0 Å². The maximum Gasteiger partial charge on any atom is 0.251 e. The SMILES string of the molecule is CC(=O)Nc1nc(CCc2ccc(N=C(N)N)cc2)c(CCNC(=O)c2ccc(C(C)=O)cc2)s1. The highest BCUT2D eigenvalue weighted by Crippen LogP contribution is 2.25. The number of benzene rings is 2. The molecule has 1 heterocycles. The molecule has 0 aliphatic rings. The van der Waals surface area contributed by atoms with Crippen LogP contribution in [0.5, 0.6) is 0 Å². The van der Waals surface area contributed by atoms with Gasteiger partial charge in [0.1, 0.15) is 0 Å². The summed E-state index contributed by atoms with van der Waals surface area (Å²) in [5.41, 5.74) is 14.5. The van der Waals surface area contributed by atoms with Crippen molar-refractivity contribution >= 4 is 45.7 Å². The molecule has 0 saturated heterocycles. The summed E-state index contributed by atoms with van der Waals surface area (Å²) >= 11 is 1.41. The van der Waals surface area contributed by atoms with Crippen LogP contribution in [0, 0.1) is 0 Å². The summed E-state index contributed by atoms with van der Waals surface area (Å²) in [5.74, 6) is -0.437. The lowest BCUT2D eigenvalue weighted by atomic mass is 10.1. The summed E-state index contributed by atoms with van der Waals surface area (Å²) in [6.45, 7) is 3.34. The quantitative estimate of drug-likeness (QED) is 0.194. The number of nitrogens with one attached hydrogen (secondary N) is 2. The summed E-state index contributed by atoms with van der Waals surface area (Å²) in [6.07, 6.45) is 1.99. The molecule has 0 atom stereocenters. The van der Waals surface area contributed by atoms with E-state index < -0.39 is 0 Å². The third kappa shape index (κ3) is 7.75. The Balaban J connectivity index is 1.63. The first-order valence-corrected chi connectivity index (χ1v) is 11.9. The van der Waals surface area contributed by atoms with Crippen LogP contribution in [0.15, 0.2) is 53.5 Å². The normalized spacial score (nSPS) is 10.5. The van der Waals surface area contributed by atoms with Crippen LogP contribution < -0.4 is 22.1 Å². The van der Waals surface area contributed by atoms with Gasteiger partial charge in [-0.05, 0) is 49.6 Å². The summed E-state index contributed by atoms with van der Waals surface area (Å²) < 4.78 is 0. The lowest BCUT2D eigenvalue weighted by Gasteiger charge is -2.07. The lowest BCUT2D eigenvalue weighted by Crippen LogP contribution is -2.25. The predicted octanol–water partition coefficient (Wildman–Crippen LogP) is 2.97. The van der Waals surface area contributed by atoms with Crippen molar-refractivity contribution in [2.45, 2.75) is 33.1 Å². The third-order valence-corrected chi connectivity index (χ3v) is 6.17. The van der Waals surface area contributed by atoms with Gasteiger partial charge in [0.25, 0.3) is 5.91 Å². The van der Waals surface area contributed by atoms with Crippen LogP contribution in [-0.4, -0.2) is 35.1 Å². The number of ketones is 1. The molecule has 0 spiro atoms. The predicted molar refractivity (Wildman–Crippen MR) is 138 cm³/mol. The van der Waals surface area contributed by atoms with Gasteiger partial charge < -0.3 is 22.1 Å². The Hall–Kier alpha value is -4.05. The number of nitrogens with two attached hydrogens (primary N) is 2. The first kappa shape index (κ1) is 25.6. The minimum absolute atomic E-state index is 0.00975. The molecule has 3 aromatic rings. The van der Waals surface area contributed by atoms with E-state index in [-0.39, 0.29) is 23.6 Å². The Morgan fingerprint density at radius 1 is 0.914 bits per heavy atom. The van der Waals surface area contributed by atoms with Gasteiger partial charge in [0.05, 0.1) is 11.4 Å². The van der Waals surface area contributed by atoms with Crippen molar-refractivity contribution in [1.82, 2.24) is 10.3 Å². The zero-order chi connectivity index (χ0) is 25.4. The topological polar surface area (TPSA) is 153 Å². The number of aromatic nitrogens is 1. The molecule has 182 valence electrons. The summed E-state index contributed by atoms with van der Waals surface area (Å²) in [4.78, 5) is 45.0. The van der Waals surface area contributed by atoms with Crippen molar-refractivity contribution in [3.05, 3.63) is 75.8 Å². The van der Waals surface area contributed by atoms with Crippen LogP contribution in [0.2, 0.25) is 0 Å². The molecule has 0 aliphatic carbocycles. The van der Waals surface area contributed by atoms with Crippen molar-refractivity contribution in [1.29, 1.82) is 0 Å². The first-order chi connectivity index (χ1) is 16.7. The number of amides is 2. The molecule has 0 unspecified atom stereocenters. The van der Waals surface area contributed by atoms with Crippen LogP contribution in [0.3, 0.4) is 0 Å². The van der Waals surface area contributed by atoms with E-state index in [1.165, 1.54) is 25.2 Å². The van der Waals surface area contributed by atoms with E-state index in [0.29, 0.717) is 41.3 Å². The summed E-state index contributed by atoms with van der Waals surface area (Å²) in [5, 5.41) is 6.19. The molecule has 35 heavy (non-hydrogen) atoms. The van der Waals surface area contributed by atoms with Gasteiger partial charge in [-0.3, -0.25) is 14.4 Å². The number of carbonyl (C=O) groups excluding carboxylic acids is 3. The van der Waals surface area contributed by atoms with Gasteiger partial charge in [0.2, 0.25) is 5.91 Å². The Labute approximate surface area is 207 Å². The van der Waals surface area contributed by atoms with E-state index in [1.807, 2.05) is 24.3 Å². The van der Waals surface area contributed by atoms with Gasteiger partial charge >= 0.3 is 0 Å². The number of carbonyl (C=O) groups is 3. The molecule has 0 radical (unpaired) electrons. The minimum atomic E-state index is -0.214. The van der Waals surface area contributed by atoms with Crippen molar-refractivity contribution in [3.8, 4) is 0 Å². The fourth-order valence-electron chi connectivity index (χ4n) is 3.37. The Morgan fingerprint density at radius 3 is 2.17 bits per heavy atom. The third-order valence-electron chi connectivity index (χ3n) is 5.10. The van der Waals surface area contributed by atoms with Crippen LogP contribution in [-0.2, 0) is 24.1 Å². The molecule has 2 amide bonds. The largest absolute Gasteiger partial charge is 0.370 e. The number of aliphatic imine (C=N–C) groups is 1. The van der Waals surface area contributed by atoms with Gasteiger partial charge in [-0.15, -0.1) is 11.3 Å². The highest BCUT2D eigenvalue weighted by atomic mass is 32.1. The van der Waals surface area contributed by atoms with Crippen LogP contribution in [0.1, 0.15) is 50.7 Å². The molecule has 0 saturated carbocycles. The number of anilines is 1. The van der Waals surface area contributed by atoms with Gasteiger partial charge in [0.15, 0.2) is 16.9 Å². The number of hydrogen-bond donors (Lipinski definition) is 4. The lowest BCUT2D eigenvalue weighted by molar-refractivity contribution is -0.114. The number of thiazole rings is 1. The second-order valence-corrected chi connectivity index (χ2v) is 9.00. The maximum atomic E-state index is 12.5. The Morgan fingerprint density at radius 2 is 1.57 bits per heavy atom. The van der Waals surface area contributed by atoms with Crippen molar-refractivity contribution in [2.24, 2.45) is 16.5 Å². The number of guanidine groups is 1. The van der Waals surface area contributed by atoms with E-state index in [9.17, 15) is 14.4 Å². The summed E-state index contributed by atoms with van der Waals surface area (Å²) in [6, 6.07) is 14.2. The second-order valence-electron chi connectivity index (χ2n) is 7.91. The Bertz CT molecular complexity index is 1230. The molecule has 10 heteroatoms. The van der Waals surface area contributed by atoms with Gasteiger partial charge in [-0.2, -0.15) is 0 Å². The number of nitrogens with zero attached hydrogens (tertiary/aromatic N) is 2. The van der Waals surface area contributed by atoms with E-state index in [4.69, 9.17) is 11.5 Å². The monoisotopic (exact) mass is 492 g/mol. The maximum absolute atomic E-state index is 12.5. The van der Waals surface area contributed by atoms with Gasteiger partial charge in [-0.25, -0.2) is 9.98 Å². The highest BCUT2D eigenvalue weighted by Gasteiger charge is 2.14. The molecule has 6 N–H and O–H groups in total. The van der Waals surface area contributed by atoms with Gasteiger partial charge in [-0.1, -0.05) is 24.3 Å². The van der Waals surface area contributed by atoms with E-state index in [2.05, 4.69) is 20.6 Å². The van der Waals surface area contributed by atoms with Gasteiger partial charge in [0, 0.05) is 35.9 Å². The smallest absolute Gasteiger partial charge is 0.251 e. The zero-order valence-corrected chi connectivity index (χ0v) is 20.4. The number of Topliss-reactive ketones (excluding diaryl/α,β-unsaturated/α-hetero) is 1. The van der Waals surface area contributed by atoms with Crippen molar-refractivity contribution in [2.75, 3.05) is 11.9 Å². The fraction of sp³-hybridized carbons (Fsp3) is 0.240. The molecule has 2 aromatic carbocycles. The molecular formula is C25H28N6O3S. The molecular weight excluding hydrogens is 464 g/mol. The molecule has 3 rings (SSSR count). The molecule has 0 fully saturated rings. The zero-order valence-electron chi connectivity index (χ0n) is 19.6. The average molecular weight is 493 g/mol. The number of aryl methyl sites for hydroxylation is 2. The number of hydrogen-bond acceptors (Lipinski definition) is 6. The van der Waals surface area contributed by atoms with Crippen LogP contribution in [0.4, 0.5) is 10.8 Å². The molecule has 1 aromatic heterocycles. The fourth-order valence-corrected chi connectivity index (χ4v) is 4.43. The van der Waals surface area contributed by atoms with Crippen molar-refractivity contribution in [3.63, 3.8) is 0 Å². The molecule has 0 bridgehead atoms. The minimum Gasteiger partial charge on any atom is -0.370 e. The standard InChI is InChI=1S/C25H28N6O3S/c1-15(32)18-6-8-19(9-7-18)23(34)28-14-13-22-21(31-25(35-22)29-16(2)33)12-5-17-3-10-20(11-4-17)30-24(26)27/h3-4,6-11H,5,12-14H2,1-2H3,(H,28,34)(H4,26,27,30)(H,29,31,33). The molecule has 0 aliphatic heterocycles. The number of rotatable bonds is 10. The van der Waals surface area contributed by atoms with Crippen LogP contribution in [0.25, 0.3) is 0 Å². The van der Waals surface area contributed by atoms with E-state index in [0.717, 1.165) is 22.6 Å². The molecule has 9 nitrogen and oxygen atoms in total. The Kier molecular flexibility index (Phi) is 8.69. The summed E-state index contributed by atoms with van der Waals surface area (Å²) in [7, 11) is 0.